The Hall–Kier alpha value is -1.10. The summed E-state index contributed by atoms with van der Waals surface area (Å²) in [4.78, 5) is 11.5. The first-order valence-corrected chi connectivity index (χ1v) is 6.39. The van der Waals surface area contributed by atoms with Gasteiger partial charge in [-0.2, -0.15) is 0 Å². The van der Waals surface area contributed by atoms with E-state index in [2.05, 4.69) is 5.32 Å². The van der Waals surface area contributed by atoms with E-state index in [0.29, 0.717) is 26.2 Å². The van der Waals surface area contributed by atoms with Gasteiger partial charge in [-0.05, 0) is 18.9 Å². The Labute approximate surface area is 121 Å². The molecule has 1 aromatic carbocycles. The molecular formula is C14H23ClN2O2. The second-order valence-corrected chi connectivity index (χ2v) is 4.12. The van der Waals surface area contributed by atoms with Gasteiger partial charge in [0.1, 0.15) is 0 Å². The highest BCUT2D eigenvalue weighted by Crippen LogP contribution is 2.07. The first kappa shape index (κ1) is 17.9. The normalized spacial score (nSPS) is 11.5. The van der Waals surface area contributed by atoms with Crippen molar-refractivity contribution in [1.29, 1.82) is 0 Å². The van der Waals surface area contributed by atoms with Gasteiger partial charge in [-0.3, -0.25) is 4.79 Å². The monoisotopic (exact) mass is 286 g/mol. The molecule has 19 heavy (non-hydrogen) atoms. The number of ether oxygens (including phenoxy) is 1. The summed E-state index contributed by atoms with van der Waals surface area (Å²) in [5.41, 5.74) is 7.01. The van der Waals surface area contributed by atoms with E-state index in [1.165, 1.54) is 0 Å². The average Bonchev–Trinajstić information content (AvgIpc) is 2.42. The third-order valence-electron chi connectivity index (χ3n) is 2.64. The summed E-state index contributed by atoms with van der Waals surface area (Å²) >= 11 is 0. The Morgan fingerprint density at radius 2 is 2.05 bits per heavy atom. The minimum Gasteiger partial charge on any atom is -0.382 e. The Morgan fingerprint density at radius 1 is 1.37 bits per heavy atom. The van der Waals surface area contributed by atoms with E-state index in [4.69, 9.17) is 10.5 Å². The molecule has 0 bridgehead atoms. The molecule has 0 radical (unpaired) electrons. The molecule has 0 saturated heterocycles. The summed E-state index contributed by atoms with van der Waals surface area (Å²) < 4.78 is 5.17. The van der Waals surface area contributed by atoms with Crippen molar-refractivity contribution in [2.24, 2.45) is 5.73 Å². The van der Waals surface area contributed by atoms with E-state index >= 15 is 0 Å². The lowest BCUT2D eigenvalue weighted by molar-refractivity contribution is -0.121. The first-order chi connectivity index (χ1) is 8.74. The molecule has 1 atom stereocenters. The van der Waals surface area contributed by atoms with Crippen LogP contribution < -0.4 is 11.1 Å². The van der Waals surface area contributed by atoms with E-state index in [9.17, 15) is 4.79 Å². The number of carbonyl (C=O) groups is 1. The van der Waals surface area contributed by atoms with Gasteiger partial charge in [0.2, 0.25) is 5.91 Å². The number of amides is 1. The number of hydrogen-bond acceptors (Lipinski definition) is 3. The molecule has 108 valence electrons. The largest absolute Gasteiger partial charge is 0.382 e. The maximum absolute atomic E-state index is 11.5. The topological polar surface area (TPSA) is 64.3 Å². The lowest BCUT2D eigenvalue weighted by atomic mass is 10.1. The zero-order chi connectivity index (χ0) is 13.2. The number of carbonyl (C=O) groups excluding carboxylic acids is 1. The van der Waals surface area contributed by atoms with Crippen molar-refractivity contribution >= 4 is 18.3 Å². The molecule has 0 saturated carbocycles. The van der Waals surface area contributed by atoms with Crippen LogP contribution in [0.3, 0.4) is 0 Å². The molecule has 0 aliphatic rings. The van der Waals surface area contributed by atoms with Crippen LogP contribution in [0.5, 0.6) is 0 Å². The number of benzene rings is 1. The fraction of sp³-hybridized carbons (Fsp3) is 0.500. The molecule has 0 aliphatic carbocycles. The highest BCUT2D eigenvalue weighted by atomic mass is 35.5. The molecule has 0 fully saturated rings. The van der Waals surface area contributed by atoms with E-state index < -0.39 is 0 Å². The zero-order valence-electron chi connectivity index (χ0n) is 11.3. The third kappa shape index (κ3) is 7.82. The summed E-state index contributed by atoms with van der Waals surface area (Å²) in [6, 6.07) is 9.61. The van der Waals surface area contributed by atoms with Crippen molar-refractivity contribution in [2.75, 3.05) is 19.8 Å². The van der Waals surface area contributed by atoms with E-state index in [1.807, 2.05) is 37.3 Å². The van der Waals surface area contributed by atoms with Gasteiger partial charge in [-0.25, -0.2) is 0 Å². The molecule has 3 N–H and O–H groups in total. The second kappa shape index (κ2) is 10.8. The van der Waals surface area contributed by atoms with Crippen LogP contribution in [0.15, 0.2) is 30.3 Å². The zero-order valence-corrected chi connectivity index (χ0v) is 12.1. The second-order valence-electron chi connectivity index (χ2n) is 4.12. The van der Waals surface area contributed by atoms with Crippen molar-refractivity contribution in [3.05, 3.63) is 35.9 Å². The standard InChI is InChI=1S/C14H22N2O2.ClH/c1-2-18-10-6-9-14(17)16-11-13(15)12-7-4-3-5-8-12;/h3-5,7-8,13H,2,6,9-11,15H2,1H3,(H,16,17);1H. The Morgan fingerprint density at radius 3 is 2.68 bits per heavy atom. The van der Waals surface area contributed by atoms with Crippen molar-refractivity contribution in [1.82, 2.24) is 5.32 Å². The molecule has 0 aliphatic heterocycles. The number of rotatable bonds is 8. The quantitative estimate of drug-likeness (QED) is 0.719. The van der Waals surface area contributed by atoms with Gasteiger partial charge in [0.25, 0.3) is 0 Å². The highest BCUT2D eigenvalue weighted by Gasteiger charge is 2.07. The SMILES string of the molecule is CCOCCCC(=O)NCC(N)c1ccccc1.Cl. The number of hydrogen-bond donors (Lipinski definition) is 2. The predicted octanol–water partition coefficient (Wildman–Crippen LogP) is 2.04. The smallest absolute Gasteiger partial charge is 0.220 e. The third-order valence-corrected chi connectivity index (χ3v) is 2.64. The molecule has 4 nitrogen and oxygen atoms in total. The van der Waals surface area contributed by atoms with Crippen molar-refractivity contribution in [2.45, 2.75) is 25.8 Å². The van der Waals surface area contributed by atoms with Gasteiger partial charge in [-0.1, -0.05) is 30.3 Å². The highest BCUT2D eigenvalue weighted by molar-refractivity contribution is 5.85. The lowest BCUT2D eigenvalue weighted by Crippen LogP contribution is -2.31. The van der Waals surface area contributed by atoms with Gasteiger partial charge < -0.3 is 15.8 Å². The molecule has 1 unspecified atom stereocenters. The van der Waals surface area contributed by atoms with Crippen LogP contribution in [0.1, 0.15) is 31.4 Å². The number of nitrogens with one attached hydrogen (secondary N) is 1. The van der Waals surface area contributed by atoms with E-state index in [-0.39, 0.29) is 24.4 Å². The number of halogens is 1. The Bertz CT molecular complexity index is 347. The van der Waals surface area contributed by atoms with Crippen LogP contribution in [0, 0.1) is 0 Å². The summed E-state index contributed by atoms with van der Waals surface area (Å²) in [7, 11) is 0. The minimum atomic E-state index is -0.151. The lowest BCUT2D eigenvalue weighted by Gasteiger charge is -2.13. The average molecular weight is 287 g/mol. The van der Waals surface area contributed by atoms with Gasteiger partial charge in [-0.15, -0.1) is 12.4 Å². The van der Waals surface area contributed by atoms with Crippen LogP contribution in [-0.2, 0) is 9.53 Å². The molecular weight excluding hydrogens is 264 g/mol. The predicted molar refractivity (Wildman–Crippen MR) is 79.4 cm³/mol. The van der Waals surface area contributed by atoms with Crippen LogP contribution in [0.25, 0.3) is 0 Å². The molecule has 1 amide bonds. The van der Waals surface area contributed by atoms with Crippen molar-refractivity contribution < 1.29 is 9.53 Å². The number of nitrogens with two attached hydrogens (primary N) is 1. The fourth-order valence-electron chi connectivity index (χ4n) is 1.61. The summed E-state index contributed by atoms with van der Waals surface area (Å²) in [6.07, 6.45) is 1.24. The molecule has 0 heterocycles. The van der Waals surface area contributed by atoms with Crippen molar-refractivity contribution in [3.63, 3.8) is 0 Å². The molecule has 5 heteroatoms. The Balaban J connectivity index is 0.00000324. The van der Waals surface area contributed by atoms with Gasteiger partial charge in [0, 0.05) is 32.2 Å². The maximum Gasteiger partial charge on any atom is 0.220 e. The van der Waals surface area contributed by atoms with Crippen LogP contribution in [0.2, 0.25) is 0 Å². The fourth-order valence-corrected chi connectivity index (χ4v) is 1.61. The van der Waals surface area contributed by atoms with Crippen molar-refractivity contribution in [3.8, 4) is 0 Å². The summed E-state index contributed by atoms with van der Waals surface area (Å²) in [5.74, 6) is 0.0288. The Kier molecular flexibility index (Phi) is 10.2. The van der Waals surface area contributed by atoms with Crippen LogP contribution in [0.4, 0.5) is 0 Å². The summed E-state index contributed by atoms with van der Waals surface area (Å²) in [6.45, 7) is 3.74. The van der Waals surface area contributed by atoms with Gasteiger partial charge >= 0.3 is 0 Å². The molecule has 1 aromatic rings. The van der Waals surface area contributed by atoms with Gasteiger partial charge in [0.05, 0.1) is 0 Å². The molecule has 0 aromatic heterocycles. The molecule has 1 rings (SSSR count). The first-order valence-electron chi connectivity index (χ1n) is 6.39. The molecule has 0 spiro atoms. The van der Waals surface area contributed by atoms with Crippen LogP contribution >= 0.6 is 12.4 Å². The van der Waals surface area contributed by atoms with Gasteiger partial charge in [0.15, 0.2) is 0 Å². The van der Waals surface area contributed by atoms with E-state index in [0.717, 1.165) is 12.0 Å². The summed E-state index contributed by atoms with van der Waals surface area (Å²) in [5, 5.41) is 2.84. The van der Waals surface area contributed by atoms with Crippen LogP contribution in [-0.4, -0.2) is 25.7 Å². The van der Waals surface area contributed by atoms with E-state index in [1.54, 1.807) is 0 Å². The maximum atomic E-state index is 11.5. The minimum absolute atomic E-state index is 0.